The number of nitrogens with one attached hydrogen (secondary N) is 1. The quantitative estimate of drug-likeness (QED) is 0.816. The Kier molecular flexibility index (Phi) is 2.94. The molecule has 1 N–H and O–H groups in total. The van der Waals surface area contributed by atoms with Crippen LogP contribution in [0, 0.1) is 11.8 Å². The molecule has 1 heterocycles. The van der Waals surface area contributed by atoms with Crippen molar-refractivity contribution >= 4 is 11.7 Å². The maximum atomic E-state index is 11.7. The van der Waals surface area contributed by atoms with Crippen LogP contribution in [0.3, 0.4) is 0 Å². The largest absolute Gasteiger partial charge is 0.309 e. The smallest absolute Gasteiger partial charge is 0.228 e. The molecule has 0 spiro atoms. The van der Waals surface area contributed by atoms with E-state index in [0.717, 1.165) is 19.3 Å². The molecule has 1 aromatic rings. The molecule has 0 bridgehead atoms. The van der Waals surface area contributed by atoms with E-state index in [2.05, 4.69) is 22.4 Å². The molecule has 4 nitrogen and oxygen atoms in total. The van der Waals surface area contributed by atoms with Crippen LogP contribution in [0.4, 0.5) is 5.82 Å². The van der Waals surface area contributed by atoms with Crippen molar-refractivity contribution in [2.75, 3.05) is 5.32 Å². The van der Waals surface area contributed by atoms with E-state index in [1.807, 2.05) is 0 Å². The van der Waals surface area contributed by atoms with Gasteiger partial charge >= 0.3 is 0 Å². The number of anilines is 1. The molecule has 1 saturated carbocycles. The average Bonchev–Trinajstić information content (AvgIpc) is 2.99. The molecule has 2 atom stereocenters. The molecule has 0 radical (unpaired) electrons. The zero-order chi connectivity index (χ0) is 10.7. The fraction of sp³-hybridized carbons (Fsp3) is 0.545. The Morgan fingerprint density at radius 1 is 1.67 bits per heavy atom. The van der Waals surface area contributed by atoms with Crippen LogP contribution in [0.15, 0.2) is 18.3 Å². The summed E-state index contributed by atoms with van der Waals surface area (Å²) in [6.45, 7) is 2.15. The average molecular weight is 205 g/mol. The summed E-state index contributed by atoms with van der Waals surface area (Å²) >= 11 is 0. The Labute approximate surface area is 89.1 Å². The molecule has 0 aromatic carbocycles. The Balaban J connectivity index is 1.84. The monoisotopic (exact) mass is 205 g/mol. The van der Waals surface area contributed by atoms with Crippen LogP contribution >= 0.6 is 0 Å². The van der Waals surface area contributed by atoms with Gasteiger partial charge in [0.05, 0.1) is 0 Å². The zero-order valence-corrected chi connectivity index (χ0v) is 8.81. The third-order valence-electron chi connectivity index (χ3n) is 2.74. The van der Waals surface area contributed by atoms with Crippen LogP contribution in [-0.4, -0.2) is 16.1 Å². The van der Waals surface area contributed by atoms with E-state index >= 15 is 0 Å². The first-order chi connectivity index (χ1) is 7.31. The number of rotatable bonds is 4. The molecule has 1 aliphatic carbocycles. The summed E-state index contributed by atoms with van der Waals surface area (Å²) in [4.78, 5) is 11.7. The first kappa shape index (κ1) is 10.1. The molecular formula is C11H15N3O. The number of aromatic nitrogens is 2. The summed E-state index contributed by atoms with van der Waals surface area (Å²) in [5, 5.41) is 10.3. The van der Waals surface area contributed by atoms with E-state index in [0.29, 0.717) is 11.7 Å². The normalized spacial score (nSPS) is 23.5. The Morgan fingerprint density at radius 3 is 3.20 bits per heavy atom. The van der Waals surface area contributed by atoms with Gasteiger partial charge in [-0.1, -0.05) is 13.3 Å². The van der Waals surface area contributed by atoms with Gasteiger partial charge in [-0.05, 0) is 30.9 Å². The van der Waals surface area contributed by atoms with Gasteiger partial charge in [-0.15, -0.1) is 5.10 Å². The number of hydrogen-bond donors (Lipinski definition) is 1. The summed E-state index contributed by atoms with van der Waals surface area (Å²) in [5.74, 6) is 1.43. The number of carbonyl (C=O) groups is 1. The van der Waals surface area contributed by atoms with Crippen LogP contribution in [0.25, 0.3) is 0 Å². The molecular weight excluding hydrogens is 190 g/mol. The molecule has 0 unspecified atom stereocenters. The second-order valence-electron chi connectivity index (χ2n) is 3.99. The number of hydrogen-bond acceptors (Lipinski definition) is 3. The molecule has 80 valence electrons. The van der Waals surface area contributed by atoms with Crippen LogP contribution in [0.1, 0.15) is 26.2 Å². The van der Waals surface area contributed by atoms with Gasteiger partial charge in [-0.3, -0.25) is 4.79 Å². The Morgan fingerprint density at radius 2 is 2.53 bits per heavy atom. The van der Waals surface area contributed by atoms with Crippen molar-refractivity contribution in [3.05, 3.63) is 18.3 Å². The molecule has 1 aromatic heterocycles. The maximum absolute atomic E-state index is 11.7. The van der Waals surface area contributed by atoms with E-state index in [1.165, 1.54) is 0 Å². The Hall–Kier alpha value is -1.45. The highest BCUT2D eigenvalue weighted by Crippen LogP contribution is 2.42. The SMILES string of the molecule is CCC[C@@H]1C[C@H]1C(=O)Nc1cccnn1. The van der Waals surface area contributed by atoms with Crippen molar-refractivity contribution in [2.45, 2.75) is 26.2 Å². The van der Waals surface area contributed by atoms with Crippen LogP contribution in [-0.2, 0) is 4.79 Å². The third-order valence-corrected chi connectivity index (χ3v) is 2.74. The van der Waals surface area contributed by atoms with E-state index in [1.54, 1.807) is 18.3 Å². The van der Waals surface area contributed by atoms with Gasteiger partial charge in [0, 0.05) is 12.1 Å². The second-order valence-corrected chi connectivity index (χ2v) is 3.99. The first-order valence-corrected chi connectivity index (χ1v) is 5.40. The predicted octanol–water partition coefficient (Wildman–Crippen LogP) is 1.85. The van der Waals surface area contributed by atoms with E-state index in [4.69, 9.17) is 0 Å². The molecule has 2 rings (SSSR count). The van der Waals surface area contributed by atoms with Crippen LogP contribution < -0.4 is 5.32 Å². The summed E-state index contributed by atoms with van der Waals surface area (Å²) in [6, 6.07) is 3.52. The minimum atomic E-state index is 0.0916. The molecule has 1 amide bonds. The number of amides is 1. The van der Waals surface area contributed by atoms with Gasteiger partial charge in [0.2, 0.25) is 5.91 Å². The molecule has 1 aliphatic rings. The lowest BCUT2D eigenvalue weighted by Gasteiger charge is -2.01. The molecule has 0 aliphatic heterocycles. The van der Waals surface area contributed by atoms with Gasteiger partial charge in [0.1, 0.15) is 0 Å². The summed E-state index contributed by atoms with van der Waals surface area (Å²) in [6.07, 6.45) is 4.92. The molecule has 0 saturated heterocycles. The van der Waals surface area contributed by atoms with Gasteiger partial charge < -0.3 is 5.32 Å². The van der Waals surface area contributed by atoms with Crippen molar-refractivity contribution in [1.29, 1.82) is 0 Å². The van der Waals surface area contributed by atoms with Gasteiger partial charge in [-0.2, -0.15) is 5.10 Å². The zero-order valence-electron chi connectivity index (χ0n) is 8.81. The highest BCUT2D eigenvalue weighted by molar-refractivity contribution is 5.93. The number of carbonyl (C=O) groups excluding carboxylic acids is 1. The predicted molar refractivity (Wildman–Crippen MR) is 57.2 cm³/mol. The van der Waals surface area contributed by atoms with Crippen molar-refractivity contribution in [3.8, 4) is 0 Å². The fourth-order valence-electron chi connectivity index (χ4n) is 1.85. The molecule has 1 fully saturated rings. The summed E-state index contributed by atoms with van der Waals surface area (Å²) in [5.41, 5.74) is 0. The van der Waals surface area contributed by atoms with Gasteiger partial charge in [0.15, 0.2) is 5.82 Å². The first-order valence-electron chi connectivity index (χ1n) is 5.40. The minimum Gasteiger partial charge on any atom is -0.309 e. The van der Waals surface area contributed by atoms with E-state index in [9.17, 15) is 4.79 Å². The lowest BCUT2D eigenvalue weighted by molar-refractivity contribution is -0.117. The summed E-state index contributed by atoms with van der Waals surface area (Å²) < 4.78 is 0. The lowest BCUT2D eigenvalue weighted by Crippen LogP contribution is -2.15. The van der Waals surface area contributed by atoms with Gasteiger partial charge in [-0.25, -0.2) is 0 Å². The van der Waals surface area contributed by atoms with Crippen LogP contribution in [0.5, 0.6) is 0 Å². The molecule has 4 heteroatoms. The fourth-order valence-corrected chi connectivity index (χ4v) is 1.85. The Bertz CT molecular complexity index is 339. The van der Waals surface area contributed by atoms with Crippen molar-refractivity contribution in [3.63, 3.8) is 0 Å². The third kappa shape index (κ3) is 2.52. The van der Waals surface area contributed by atoms with Crippen molar-refractivity contribution in [1.82, 2.24) is 10.2 Å². The lowest BCUT2D eigenvalue weighted by atomic mass is 10.2. The topological polar surface area (TPSA) is 54.9 Å². The maximum Gasteiger partial charge on any atom is 0.228 e. The summed E-state index contributed by atoms with van der Waals surface area (Å²) in [7, 11) is 0. The van der Waals surface area contributed by atoms with Crippen LogP contribution in [0.2, 0.25) is 0 Å². The van der Waals surface area contributed by atoms with Crippen molar-refractivity contribution < 1.29 is 4.79 Å². The highest BCUT2D eigenvalue weighted by Gasteiger charge is 2.41. The molecule has 15 heavy (non-hydrogen) atoms. The van der Waals surface area contributed by atoms with Crippen molar-refractivity contribution in [2.24, 2.45) is 11.8 Å². The minimum absolute atomic E-state index is 0.0916. The second kappa shape index (κ2) is 4.38. The highest BCUT2D eigenvalue weighted by atomic mass is 16.2. The van der Waals surface area contributed by atoms with Gasteiger partial charge in [0.25, 0.3) is 0 Å². The van der Waals surface area contributed by atoms with E-state index in [-0.39, 0.29) is 11.8 Å². The van der Waals surface area contributed by atoms with E-state index < -0.39 is 0 Å². The number of nitrogens with zero attached hydrogens (tertiary/aromatic N) is 2. The standard InChI is InChI=1S/C11H15N3O/c1-2-4-8-7-9(8)11(15)13-10-5-3-6-12-14-10/h3,5-6,8-9H,2,4,7H2,1H3,(H,13,14,15)/t8-,9-/m1/s1.